The van der Waals surface area contributed by atoms with Gasteiger partial charge in [-0.3, -0.25) is 4.99 Å². The molecule has 0 unspecified atom stereocenters. The van der Waals surface area contributed by atoms with Gasteiger partial charge in [-0.2, -0.15) is 0 Å². The molecule has 12 rings (SSSR count). The molecule has 10 aromatic carbocycles. The third-order valence-corrected chi connectivity index (χ3v) is 13.1. The lowest BCUT2D eigenvalue weighted by molar-refractivity contribution is 0.853. The minimum absolute atomic E-state index is 0.709. The van der Waals surface area contributed by atoms with Crippen LogP contribution in [0.2, 0.25) is 0 Å². The first-order valence-corrected chi connectivity index (χ1v) is 22.3. The van der Waals surface area contributed by atoms with Crippen molar-refractivity contribution in [3.8, 4) is 27.9 Å². The van der Waals surface area contributed by atoms with E-state index in [1.165, 1.54) is 49.7 Å². The summed E-state index contributed by atoms with van der Waals surface area (Å²) in [6.45, 7) is 0. The van der Waals surface area contributed by atoms with Gasteiger partial charge >= 0.3 is 0 Å². The van der Waals surface area contributed by atoms with Crippen LogP contribution in [0.25, 0.3) is 49.7 Å². The number of hydrogen-bond acceptors (Lipinski definition) is 2. The molecule has 0 N–H and O–H groups in total. The van der Waals surface area contributed by atoms with Gasteiger partial charge in [-0.15, -0.1) is 0 Å². The highest BCUT2D eigenvalue weighted by molar-refractivity contribution is 6.22. The van der Waals surface area contributed by atoms with Crippen LogP contribution in [0.3, 0.4) is 0 Å². The third-order valence-electron chi connectivity index (χ3n) is 13.1. The van der Waals surface area contributed by atoms with E-state index in [9.17, 15) is 0 Å². The maximum absolute atomic E-state index is 5.64. The number of aliphatic imine (C=N–C) groups is 1. The van der Waals surface area contributed by atoms with E-state index in [1.807, 2.05) is 0 Å². The standard InChI is InChI=1S/C62H43N3/c1-6-18-44(19-7-1)46-30-34-51(35-31-46)64(52-36-32-47(33-37-52)45-20-8-2-9-21-45)53-38-40-54(41-39-53)65-58-29-17-16-28-55(58)56-42-43-57-59(60(56)65)62(49-24-12-4-13-25-49,50-26-14-5-15-27-50)61(63-57)48-22-10-3-11-23-48/h1-43H. The molecule has 306 valence electrons. The molecule has 0 amide bonds. The highest BCUT2D eigenvalue weighted by Crippen LogP contribution is 2.55. The zero-order valence-corrected chi connectivity index (χ0v) is 35.7. The average Bonchev–Trinajstić information content (AvgIpc) is 3.93. The Hall–Kier alpha value is -8.53. The van der Waals surface area contributed by atoms with Crippen LogP contribution in [0.15, 0.2) is 266 Å². The van der Waals surface area contributed by atoms with Gasteiger partial charge < -0.3 is 9.47 Å². The summed E-state index contributed by atoms with van der Waals surface area (Å²) in [4.78, 5) is 7.99. The summed E-state index contributed by atoms with van der Waals surface area (Å²) >= 11 is 0. The second-order valence-electron chi connectivity index (χ2n) is 16.7. The van der Waals surface area contributed by atoms with E-state index in [0.29, 0.717) is 0 Å². The van der Waals surface area contributed by atoms with Crippen molar-refractivity contribution in [3.63, 3.8) is 0 Å². The van der Waals surface area contributed by atoms with E-state index in [4.69, 9.17) is 4.99 Å². The van der Waals surface area contributed by atoms with Gasteiger partial charge in [-0.1, -0.05) is 200 Å². The van der Waals surface area contributed by atoms with Gasteiger partial charge in [0.25, 0.3) is 0 Å². The van der Waals surface area contributed by atoms with Crippen molar-refractivity contribution in [2.24, 2.45) is 4.99 Å². The molecule has 0 fully saturated rings. The number of fused-ring (bicyclic) bond motifs is 5. The van der Waals surface area contributed by atoms with E-state index in [0.717, 1.165) is 50.7 Å². The van der Waals surface area contributed by atoms with Gasteiger partial charge in [0.05, 0.1) is 27.8 Å². The van der Waals surface area contributed by atoms with Crippen molar-refractivity contribution >= 4 is 50.3 Å². The van der Waals surface area contributed by atoms with E-state index in [1.54, 1.807) is 0 Å². The second kappa shape index (κ2) is 16.0. The van der Waals surface area contributed by atoms with Crippen LogP contribution >= 0.6 is 0 Å². The lowest BCUT2D eigenvalue weighted by Gasteiger charge is -2.35. The molecular weight excluding hydrogens is 787 g/mol. The van der Waals surface area contributed by atoms with Crippen LogP contribution in [-0.2, 0) is 5.41 Å². The molecule has 0 saturated heterocycles. The van der Waals surface area contributed by atoms with Crippen LogP contribution in [-0.4, -0.2) is 10.3 Å². The predicted molar refractivity (Wildman–Crippen MR) is 272 cm³/mol. The number of aromatic nitrogens is 1. The predicted octanol–water partition coefficient (Wildman–Crippen LogP) is 16.1. The lowest BCUT2D eigenvalue weighted by atomic mass is 9.65. The fourth-order valence-corrected chi connectivity index (χ4v) is 10.1. The molecule has 0 radical (unpaired) electrons. The Morgan fingerprint density at radius 1 is 0.338 bits per heavy atom. The molecule has 0 bridgehead atoms. The Morgan fingerprint density at radius 3 is 1.26 bits per heavy atom. The van der Waals surface area contributed by atoms with Gasteiger partial charge in [-0.05, 0) is 99.6 Å². The summed E-state index contributed by atoms with van der Waals surface area (Å²) < 4.78 is 2.48. The number of anilines is 3. The van der Waals surface area contributed by atoms with Crippen molar-refractivity contribution in [1.82, 2.24) is 4.57 Å². The number of benzene rings is 10. The van der Waals surface area contributed by atoms with Crippen molar-refractivity contribution in [2.75, 3.05) is 4.90 Å². The van der Waals surface area contributed by atoms with Crippen LogP contribution in [0.1, 0.15) is 22.3 Å². The molecule has 1 aliphatic rings. The number of para-hydroxylation sites is 1. The largest absolute Gasteiger partial charge is 0.311 e. The summed E-state index contributed by atoms with van der Waals surface area (Å²) in [6.07, 6.45) is 0. The van der Waals surface area contributed by atoms with Crippen molar-refractivity contribution in [3.05, 3.63) is 283 Å². The Balaban J connectivity index is 1.06. The summed E-state index contributed by atoms with van der Waals surface area (Å²) in [5.41, 5.74) is 17.3. The van der Waals surface area contributed by atoms with E-state index in [-0.39, 0.29) is 0 Å². The number of hydrogen-bond donors (Lipinski definition) is 0. The zero-order chi connectivity index (χ0) is 43.2. The summed E-state index contributed by atoms with van der Waals surface area (Å²) in [5.74, 6) is 0. The Kier molecular flexibility index (Phi) is 9.39. The van der Waals surface area contributed by atoms with Gasteiger partial charge in [-0.25, -0.2) is 0 Å². The van der Waals surface area contributed by atoms with Gasteiger partial charge in [0.15, 0.2) is 0 Å². The minimum Gasteiger partial charge on any atom is -0.311 e. The van der Waals surface area contributed by atoms with E-state index < -0.39 is 5.41 Å². The Labute approximate surface area is 379 Å². The third kappa shape index (κ3) is 6.40. The first-order valence-electron chi connectivity index (χ1n) is 22.3. The van der Waals surface area contributed by atoms with Crippen LogP contribution in [0.5, 0.6) is 0 Å². The zero-order valence-electron chi connectivity index (χ0n) is 35.7. The molecule has 1 aromatic heterocycles. The lowest BCUT2D eigenvalue weighted by Crippen LogP contribution is -2.37. The smallest absolute Gasteiger partial charge is 0.0921 e. The molecule has 0 atom stereocenters. The first-order chi connectivity index (χ1) is 32.3. The van der Waals surface area contributed by atoms with Crippen molar-refractivity contribution < 1.29 is 0 Å². The molecule has 11 aromatic rings. The average molecular weight is 830 g/mol. The Bertz CT molecular complexity index is 3350. The second-order valence-corrected chi connectivity index (χ2v) is 16.7. The molecule has 0 saturated carbocycles. The molecule has 0 spiro atoms. The summed E-state index contributed by atoms with van der Waals surface area (Å²) in [6, 6.07) is 94.1. The van der Waals surface area contributed by atoms with Crippen LogP contribution in [0, 0.1) is 0 Å². The van der Waals surface area contributed by atoms with Crippen LogP contribution < -0.4 is 4.90 Å². The van der Waals surface area contributed by atoms with Crippen molar-refractivity contribution in [2.45, 2.75) is 5.41 Å². The highest BCUT2D eigenvalue weighted by Gasteiger charge is 2.49. The van der Waals surface area contributed by atoms with Crippen molar-refractivity contribution in [1.29, 1.82) is 0 Å². The maximum atomic E-state index is 5.64. The summed E-state index contributed by atoms with van der Waals surface area (Å²) in [5, 5.41) is 2.40. The molecule has 0 aliphatic carbocycles. The summed E-state index contributed by atoms with van der Waals surface area (Å²) in [7, 11) is 0. The first kappa shape index (κ1) is 38.2. The number of nitrogens with zero attached hydrogens (tertiary/aromatic N) is 3. The molecule has 3 nitrogen and oxygen atoms in total. The molecule has 2 heterocycles. The maximum Gasteiger partial charge on any atom is 0.0921 e. The van der Waals surface area contributed by atoms with Gasteiger partial charge in [0.1, 0.15) is 0 Å². The minimum atomic E-state index is -0.709. The van der Waals surface area contributed by atoms with Crippen LogP contribution in [0.4, 0.5) is 22.7 Å². The fraction of sp³-hybridized carbons (Fsp3) is 0.0161. The van der Waals surface area contributed by atoms with E-state index >= 15 is 0 Å². The highest BCUT2D eigenvalue weighted by atomic mass is 15.1. The van der Waals surface area contributed by atoms with Gasteiger partial charge in [0, 0.05) is 39.1 Å². The number of rotatable bonds is 9. The molecule has 1 aliphatic heterocycles. The molecule has 65 heavy (non-hydrogen) atoms. The SMILES string of the molecule is c1ccc(C2=Nc3ccc4c5ccccc5n(-c5ccc(N(c6ccc(-c7ccccc7)cc6)c6ccc(-c7ccccc7)cc6)cc5)c4c3C2(c2ccccc2)c2ccccc2)cc1. The molecular formula is C62H43N3. The van der Waals surface area contributed by atoms with Gasteiger partial charge in [0.2, 0.25) is 0 Å². The quantitative estimate of drug-likeness (QED) is 0.142. The monoisotopic (exact) mass is 829 g/mol. The molecule has 3 heteroatoms. The fourth-order valence-electron chi connectivity index (χ4n) is 10.1. The Morgan fingerprint density at radius 2 is 0.754 bits per heavy atom. The van der Waals surface area contributed by atoms with E-state index in [2.05, 4.69) is 270 Å². The normalized spacial score (nSPS) is 12.8. The topological polar surface area (TPSA) is 20.5 Å².